The zero-order chi connectivity index (χ0) is 9.84. The molecule has 0 aromatic heterocycles. The van der Waals surface area contributed by atoms with Crippen LogP contribution in [0.3, 0.4) is 0 Å². The van der Waals surface area contributed by atoms with Gasteiger partial charge in [0.1, 0.15) is 0 Å². The van der Waals surface area contributed by atoms with Crippen LogP contribution in [0.2, 0.25) is 0 Å². The van der Waals surface area contributed by atoms with Crippen molar-refractivity contribution in [2.24, 2.45) is 0 Å². The zero-order valence-corrected chi connectivity index (χ0v) is 8.86. The van der Waals surface area contributed by atoms with Crippen LogP contribution in [0.1, 0.15) is 26.7 Å². The first-order valence-electron chi connectivity index (χ1n) is 5.09. The highest BCUT2D eigenvalue weighted by Gasteiger charge is 2.23. The van der Waals surface area contributed by atoms with Crippen molar-refractivity contribution in [1.82, 2.24) is 4.90 Å². The molecule has 1 aliphatic heterocycles. The Hall–Kier alpha value is -0.120. The van der Waals surface area contributed by atoms with Gasteiger partial charge in [0.15, 0.2) is 0 Å². The van der Waals surface area contributed by atoms with E-state index >= 15 is 0 Å². The standard InChI is InChI=1S/C10H21NO2/c1-8(12)7-11(3)10-4-5-13-9(2)6-10/h8-10,12H,4-7H2,1-3H3. The first-order chi connectivity index (χ1) is 6.09. The summed E-state index contributed by atoms with van der Waals surface area (Å²) in [4.78, 5) is 2.24. The molecule has 3 unspecified atom stereocenters. The first-order valence-corrected chi connectivity index (χ1v) is 5.09. The highest BCUT2D eigenvalue weighted by atomic mass is 16.5. The van der Waals surface area contributed by atoms with Gasteiger partial charge in [0, 0.05) is 19.2 Å². The van der Waals surface area contributed by atoms with Gasteiger partial charge in [-0.15, -0.1) is 0 Å². The molecule has 3 atom stereocenters. The molecule has 3 nitrogen and oxygen atoms in total. The molecule has 3 heteroatoms. The molecule has 1 rings (SSSR count). The van der Waals surface area contributed by atoms with Crippen molar-refractivity contribution in [2.75, 3.05) is 20.2 Å². The van der Waals surface area contributed by atoms with Crippen LogP contribution in [0, 0.1) is 0 Å². The molecular weight excluding hydrogens is 166 g/mol. The summed E-state index contributed by atoms with van der Waals surface area (Å²) in [6.45, 7) is 5.56. The minimum Gasteiger partial charge on any atom is -0.392 e. The molecule has 0 saturated carbocycles. The average molecular weight is 187 g/mol. The number of aliphatic hydroxyl groups is 1. The molecule has 1 fully saturated rings. The van der Waals surface area contributed by atoms with Crippen molar-refractivity contribution in [3.05, 3.63) is 0 Å². The highest BCUT2D eigenvalue weighted by Crippen LogP contribution is 2.17. The Morgan fingerprint density at radius 1 is 1.62 bits per heavy atom. The Labute approximate surface area is 80.7 Å². The molecule has 0 aromatic carbocycles. The summed E-state index contributed by atoms with van der Waals surface area (Å²) in [5.41, 5.74) is 0. The molecular formula is C10H21NO2. The third kappa shape index (κ3) is 3.63. The van der Waals surface area contributed by atoms with Crippen molar-refractivity contribution >= 4 is 0 Å². The third-order valence-electron chi connectivity index (χ3n) is 2.63. The SMILES string of the molecule is CC(O)CN(C)C1CCOC(C)C1. The Balaban J connectivity index is 2.32. The number of ether oxygens (including phenoxy) is 1. The zero-order valence-electron chi connectivity index (χ0n) is 8.86. The van der Waals surface area contributed by atoms with Crippen LogP contribution in [-0.2, 0) is 4.74 Å². The minimum absolute atomic E-state index is 0.233. The van der Waals surface area contributed by atoms with Crippen LogP contribution >= 0.6 is 0 Å². The van der Waals surface area contributed by atoms with Crippen molar-refractivity contribution in [1.29, 1.82) is 0 Å². The predicted molar refractivity (Wildman–Crippen MR) is 52.7 cm³/mol. The third-order valence-corrected chi connectivity index (χ3v) is 2.63. The van der Waals surface area contributed by atoms with E-state index in [4.69, 9.17) is 4.74 Å². The van der Waals surface area contributed by atoms with Crippen molar-refractivity contribution in [3.63, 3.8) is 0 Å². The maximum Gasteiger partial charge on any atom is 0.0639 e. The second kappa shape index (κ2) is 4.94. The minimum atomic E-state index is -0.233. The van der Waals surface area contributed by atoms with Gasteiger partial charge in [0.2, 0.25) is 0 Å². The van der Waals surface area contributed by atoms with Crippen LogP contribution in [0.15, 0.2) is 0 Å². The van der Waals surface area contributed by atoms with E-state index in [0.29, 0.717) is 12.1 Å². The summed E-state index contributed by atoms with van der Waals surface area (Å²) in [5, 5.41) is 9.25. The van der Waals surface area contributed by atoms with Gasteiger partial charge in [-0.2, -0.15) is 0 Å². The van der Waals surface area contributed by atoms with Gasteiger partial charge in [0.05, 0.1) is 12.2 Å². The summed E-state index contributed by atoms with van der Waals surface area (Å²) >= 11 is 0. The number of rotatable bonds is 3. The molecule has 1 aliphatic rings. The number of hydrogen-bond donors (Lipinski definition) is 1. The summed E-state index contributed by atoms with van der Waals surface area (Å²) in [6.07, 6.45) is 2.31. The number of likely N-dealkylation sites (N-methyl/N-ethyl adjacent to an activating group) is 1. The monoisotopic (exact) mass is 187 g/mol. The Kier molecular flexibility index (Phi) is 4.16. The molecule has 0 spiro atoms. The maximum atomic E-state index is 9.25. The van der Waals surface area contributed by atoms with Gasteiger partial charge in [0.25, 0.3) is 0 Å². The number of nitrogens with zero attached hydrogens (tertiary/aromatic N) is 1. The van der Waals surface area contributed by atoms with Gasteiger partial charge in [-0.3, -0.25) is 0 Å². The van der Waals surface area contributed by atoms with E-state index in [0.717, 1.165) is 26.0 Å². The van der Waals surface area contributed by atoms with Crippen molar-refractivity contribution < 1.29 is 9.84 Å². The second-order valence-corrected chi connectivity index (χ2v) is 4.15. The molecule has 1 saturated heterocycles. The van der Waals surface area contributed by atoms with Crippen LogP contribution in [0.25, 0.3) is 0 Å². The van der Waals surface area contributed by atoms with Crippen LogP contribution in [0.5, 0.6) is 0 Å². The summed E-state index contributed by atoms with van der Waals surface area (Å²) in [7, 11) is 2.08. The molecule has 0 amide bonds. The molecule has 0 aliphatic carbocycles. The first kappa shape index (κ1) is 11.0. The fourth-order valence-corrected chi connectivity index (χ4v) is 1.94. The highest BCUT2D eigenvalue weighted by molar-refractivity contribution is 4.76. The van der Waals surface area contributed by atoms with Gasteiger partial charge in [-0.1, -0.05) is 0 Å². The molecule has 1 heterocycles. The topological polar surface area (TPSA) is 32.7 Å². The molecule has 1 N–H and O–H groups in total. The summed E-state index contributed by atoms with van der Waals surface area (Å²) < 4.78 is 5.47. The molecule has 0 radical (unpaired) electrons. The van der Waals surface area contributed by atoms with E-state index in [1.165, 1.54) is 0 Å². The average Bonchev–Trinajstić information content (AvgIpc) is 2.03. The van der Waals surface area contributed by atoms with Gasteiger partial charge < -0.3 is 14.7 Å². The lowest BCUT2D eigenvalue weighted by molar-refractivity contribution is -0.0187. The van der Waals surface area contributed by atoms with Crippen molar-refractivity contribution in [3.8, 4) is 0 Å². The van der Waals surface area contributed by atoms with Gasteiger partial charge in [-0.05, 0) is 33.7 Å². The fraction of sp³-hybridized carbons (Fsp3) is 1.00. The lowest BCUT2D eigenvalue weighted by Crippen LogP contribution is -2.42. The quantitative estimate of drug-likeness (QED) is 0.711. The van der Waals surface area contributed by atoms with Crippen molar-refractivity contribution in [2.45, 2.75) is 44.9 Å². The second-order valence-electron chi connectivity index (χ2n) is 4.15. The fourth-order valence-electron chi connectivity index (χ4n) is 1.94. The van der Waals surface area contributed by atoms with E-state index < -0.39 is 0 Å². The van der Waals surface area contributed by atoms with Crippen LogP contribution < -0.4 is 0 Å². The maximum absolute atomic E-state index is 9.25. The van der Waals surface area contributed by atoms with E-state index in [2.05, 4.69) is 18.9 Å². The van der Waals surface area contributed by atoms with Crippen LogP contribution in [-0.4, -0.2) is 48.5 Å². The lowest BCUT2D eigenvalue weighted by atomic mass is 10.0. The van der Waals surface area contributed by atoms with E-state index in [9.17, 15) is 5.11 Å². The van der Waals surface area contributed by atoms with Gasteiger partial charge in [-0.25, -0.2) is 0 Å². The van der Waals surface area contributed by atoms with E-state index in [-0.39, 0.29) is 6.10 Å². The Morgan fingerprint density at radius 2 is 2.31 bits per heavy atom. The smallest absolute Gasteiger partial charge is 0.0639 e. The lowest BCUT2D eigenvalue weighted by Gasteiger charge is -2.34. The largest absolute Gasteiger partial charge is 0.392 e. The van der Waals surface area contributed by atoms with E-state index in [1.807, 2.05) is 6.92 Å². The number of aliphatic hydroxyl groups excluding tert-OH is 1. The molecule has 0 aromatic rings. The molecule has 0 bridgehead atoms. The molecule has 78 valence electrons. The Morgan fingerprint density at radius 3 is 2.85 bits per heavy atom. The Bertz CT molecular complexity index is 150. The summed E-state index contributed by atoms with van der Waals surface area (Å²) in [5.74, 6) is 0. The molecule has 13 heavy (non-hydrogen) atoms. The van der Waals surface area contributed by atoms with Gasteiger partial charge >= 0.3 is 0 Å². The summed E-state index contributed by atoms with van der Waals surface area (Å²) in [6, 6.07) is 0.582. The van der Waals surface area contributed by atoms with E-state index in [1.54, 1.807) is 0 Å². The van der Waals surface area contributed by atoms with Crippen LogP contribution in [0.4, 0.5) is 0 Å². The predicted octanol–water partition coefficient (Wildman–Crippen LogP) is 0.866. The normalized spacial score (nSPS) is 32.1. The number of hydrogen-bond acceptors (Lipinski definition) is 3.